The lowest BCUT2D eigenvalue weighted by Crippen LogP contribution is -2.70. The van der Waals surface area contributed by atoms with Gasteiger partial charge >= 0.3 is 11.9 Å². The Morgan fingerprint density at radius 3 is 2.76 bits per heavy atom. The van der Waals surface area contributed by atoms with E-state index in [4.69, 9.17) is 4.74 Å². The first-order chi connectivity index (χ1) is 18.3. The third kappa shape index (κ3) is 6.03. The topological polar surface area (TPSA) is 175 Å². The van der Waals surface area contributed by atoms with Crippen LogP contribution >= 0.6 is 23.5 Å². The second-order valence-corrected chi connectivity index (χ2v) is 10.6. The summed E-state index contributed by atoms with van der Waals surface area (Å²) in [5, 5.41) is 33.6. The first-order valence-corrected chi connectivity index (χ1v) is 14.0. The van der Waals surface area contributed by atoms with Crippen LogP contribution in [0.3, 0.4) is 0 Å². The SMILES string of the molecule is CCOC(=O)CCCc1n[nH]nc1SCC1=C(C(=O)O)N2C(=O)C(NC(=O)[C@H](O)c3ccccc3)[C@H]2SC1. The van der Waals surface area contributed by atoms with Crippen molar-refractivity contribution < 1.29 is 34.1 Å². The summed E-state index contributed by atoms with van der Waals surface area (Å²) in [6, 6.07) is 7.40. The number of nitrogens with one attached hydrogen (secondary N) is 2. The highest BCUT2D eigenvalue weighted by molar-refractivity contribution is 8.01. The highest BCUT2D eigenvalue weighted by Crippen LogP contribution is 2.41. The fourth-order valence-electron chi connectivity index (χ4n) is 4.12. The van der Waals surface area contributed by atoms with Crippen molar-refractivity contribution in [2.24, 2.45) is 0 Å². The number of carboxylic acid groups (broad SMARTS) is 1. The first kappa shape index (κ1) is 27.7. The summed E-state index contributed by atoms with van der Waals surface area (Å²) in [7, 11) is 0. The van der Waals surface area contributed by atoms with Crippen LogP contribution in [0.15, 0.2) is 46.6 Å². The molecule has 12 nitrogen and oxygen atoms in total. The predicted molar refractivity (Wildman–Crippen MR) is 138 cm³/mol. The van der Waals surface area contributed by atoms with Crippen molar-refractivity contribution in [1.82, 2.24) is 25.6 Å². The second-order valence-electron chi connectivity index (χ2n) is 8.49. The van der Waals surface area contributed by atoms with E-state index in [0.29, 0.717) is 47.1 Å². The molecule has 0 spiro atoms. The Balaban J connectivity index is 1.38. The number of fused-ring (bicyclic) bond motifs is 1. The standard InChI is InChI=1S/C24H27N5O7S2/c1-2-36-16(30)10-6-9-15-21(27-28-26-15)37-11-14-12-38-23-17(22(33)29(23)18(14)24(34)35)25-20(32)19(31)13-7-4-3-5-8-13/h3-5,7-8,17,19,23,31H,2,6,9-12H2,1H3,(H,25,32)(H,34,35)(H,26,27,28)/t17?,19-,23-/m1/s1. The van der Waals surface area contributed by atoms with E-state index in [-0.39, 0.29) is 23.8 Å². The van der Waals surface area contributed by atoms with Crippen LogP contribution in [0.5, 0.6) is 0 Å². The Hall–Kier alpha value is -3.36. The van der Waals surface area contributed by atoms with Crippen molar-refractivity contribution in [3.05, 3.63) is 52.9 Å². The number of ether oxygens (including phenoxy) is 1. The van der Waals surface area contributed by atoms with Crippen LogP contribution in [-0.4, -0.2) is 83.8 Å². The van der Waals surface area contributed by atoms with Gasteiger partial charge in [-0.05, 0) is 30.9 Å². The number of benzene rings is 1. The highest BCUT2D eigenvalue weighted by Gasteiger charge is 2.54. The van der Waals surface area contributed by atoms with Gasteiger partial charge in [0.1, 0.15) is 22.1 Å². The molecule has 1 aromatic heterocycles. The Bertz CT molecular complexity index is 1240. The number of aliphatic hydroxyl groups is 1. The zero-order chi connectivity index (χ0) is 27.2. The summed E-state index contributed by atoms with van der Waals surface area (Å²) in [5.74, 6) is -2.17. The molecule has 2 aliphatic rings. The summed E-state index contributed by atoms with van der Waals surface area (Å²) in [6.45, 7) is 2.07. The van der Waals surface area contributed by atoms with Gasteiger partial charge in [0.15, 0.2) is 6.10 Å². The number of aromatic amines is 1. The van der Waals surface area contributed by atoms with E-state index in [1.165, 1.54) is 28.4 Å². The first-order valence-electron chi connectivity index (χ1n) is 11.9. The average molecular weight is 562 g/mol. The third-order valence-corrected chi connectivity index (χ3v) is 8.41. The molecule has 0 bridgehead atoms. The minimum Gasteiger partial charge on any atom is -0.477 e. The maximum Gasteiger partial charge on any atom is 0.352 e. The van der Waals surface area contributed by atoms with Crippen LogP contribution in [0.25, 0.3) is 0 Å². The number of amides is 2. The number of carbonyl (C=O) groups excluding carboxylic acids is 3. The number of aryl methyl sites for hydroxylation is 1. The molecule has 1 unspecified atom stereocenters. The number of carbonyl (C=O) groups is 4. The third-order valence-electron chi connectivity index (χ3n) is 5.98. The van der Waals surface area contributed by atoms with E-state index >= 15 is 0 Å². The number of H-pyrrole nitrogens is 1. The van der Waals surface area contributed by atoms with Crippen LogP contribution in [0.4, 0.5) is 0 Å². The number of hydrogen-bond donors (Lipinski definition) is 4. The summed E-state index contributed by atoms with van der Waals surface area (Å²) in [4.78, 5) is 50.3. The number of thioether (sulfide) groups is 2. The molecule has 2 aliphatic heterocycles. The molecule has 2 amide bonds. The molecule has 0 aliphatic carbocycles. The van der Waals surface area contributed by atoms with E-state index in [1.54, 1.807) is 37.3 Å². The van der Waals surface area contributed by atoms with Gasteiger partial charge in [0, 0.05) is 17.9 Å². The highest BCUT2D eigenvalue weighted by atomic mass is 32.2. The number of aliphatic carboxylic acids is 1. The summed E-state index contributed by atoms with van der Waals surface area (Å²) >= 11 is 2.64. The van der Waals surface area contributed by atoms with Crippen molar-refractivity contribution in [3.8, 4) is 0 Å². The van der Waals surface area contributed by atoms with Gasteiger partial charge in [-0.3, -0.25) is 19.3 Å². The molecule has 14 heteroatoms. The lowest BCUT2D eigenvalue weighted by molar-refractivity contribution is -0.151. The maximum absolute atomic E-state index is 12.9. The molecule has 4 rings (SSSR count). The molecule has 202 valence electrons. The molecular formula is C24H27N5O7S2. The van der Waals surface area contributed by atoms with Gasteiger partial charge in [0.25, 0.3) is 11.8 Å². The van der Waals surface area contributed by atoms with Gasteiger partial charge in [-0.2, -0.15) is 10.3 Å². The lowest BCUT2D eigenvalue weighted by Gasteiger charge is -2.49. The number of aliphatic hydroxyl groups excluding tert-OH is 1. The molecular weight excluding hydrogens is 534 g/mol. The van der Waals surface area contributed by atoms with E-state index in [1.807, 2.05) is 0 Å². The van der Waals surface area contributed by atoms with Gasteiger partial charge in [0.05, 0.1) is 12.3 Å². The van der Waals surface area contributed by atoms with E-state index in [9.17, 15) is 29.4 Å². The second kappa shape index (κ2) is 12.5. The number of nitrogens with zero attached hydrogens (tertiary/aromatic N) is 3. The van der Waals surface area contributed by atoms with Crippen LogP contribution in [-0.2, 0) is 30.3 Å². The zero-order valence-electron chi connectivity index (χ0n) is 20.5. The molecule has 3 heterocycles. The number of aromatic nitrogens is 3. The fourth-order valence-corrected chi connectivity index (χ4v) is 6.57. The van der Waals surface area contributed by atoms with Gasteiger partial charge < -0.3 is 20.3 Å². The number of hydrogen-bond acceptors (Lipinski definition) is 10. The smallest absolute Gasteiger partial charge is 0.352 e. The quantitative estimate of drug-likeness (QED) is 0.167. The molecule has 2 aromatic rings. The number of β-lactam (4-membered cyclic amide) rings is 1. The Kier molecular flexibility index (Phi) is 9.07. The summed E-state index contributed by atoms with van der Waals surface area (Å²) < 4.78 is 4.93. The maximum atomic E-state index is 12.9. The minimum atomic E-state index is -1.44. The van der Waals surface area contributed by atoms with Crippen LogP contribution in [0.1, 0.15) is 37.1 Å². The molecule has 1 aromatic carbocycles. The van der Waals surface area contributed by atoms with Gasteiger partial charge in [-0.1, -0.05) is 42.1 Å². The van der Waals surface area contributed by atoms with Crippen molar-refractivity contribution in [2.75, 3.05) is 18.1 Å². The van der Waals surface area contributed by atoms with Gasteiger partial charge in [-0.15, -0.1) is 16.9 Å². The van der Waals surface area contributed by atoms with Crippen LogP contribution < -0.4 is 5.32 Å². The van der Waals surface area contributed by atoms with Gasteiger partial charge in [0.2, 0.25) is 0 Å². The Morgan fingerprint density at radius 2 is 2.05 bits per heavy atom. The normalized spacial score (nSPS) is 19.4. The Labute approximate surface area is 226 Å². The number of rotatable bonds is 12. The molecule has 38 heavy (non-hydrogen) atoms. The summed E-state index contributed by atoms with van der Waals surface area (Å²) in [5.41, 5.74) is 1.50. The average Bonchev–Trinajstić information content (AvgIpc) is 3.37. The van der Waals surface area contributed by atoms with Crippen molar-refractivity contribution >= 4 is 47.3 Å². The molecule has 4 N–H and O–H groups in total. The van der Waals surface area contributed by atoms with Crippen LogP contribution in [0.2, 0.25) is 0 Å². The molecule has 0 saturated carbocycles. The molecule has 3 atom stereocenters. The van der Waals surface area contributed by atoms with Crippen molar-refractivity contribution in [1.29, 1.82) is 0 Å². The monoisotopic (exact) mass is 561 g/mol. The van der Waals surface area contributed by atoms with E-state index in [0.717, 1.165) is 0 Å². The zero-order valence-corrected chi connectivity index (χ0v) is 22.1. The van der Waals surface area contributed by atoms with Crippen LogP contribution in [0, 0.1) is 0 Å². The van der Waals surface area contributed by atoms with E-state index in [2.05, 4.69) is 20.7 Å². The molecule has 1 saturated heterocycles. The van der Waals surface area contributed by atoms with Crippen molar-refractivity contribution in [2.45, 2.75) is 48.7 Å². The minimum absolute atomic E-state index is 0.104. The largest absolute Gasteiger partial charge is 0.477 e. The Morgan fingerprint density at radius 1 is 1.29 bits per heavy atom. The molecule has 1 fully saturated rings. The van der Waals surface area contributed by atoms with E-state index < -0.39 is 35.3 Å². The number of esters is 1. The fraction of sp³-hybridized carbons (Fsp3) is 0.417. The summed E-state index contributed by atoms with van der Waals surface area (Å²) in [6.07, 6.45) is -0.149. The van der Waals surface area contributed by atoms with Gasteiger partial charge in [-0.25, -0.2) is 4.79 Å². The molecule has 0 radical (unpaired) electrons. The lowest BCUT2D eigenvalue weighted by atomic mass is 10.0. The predicted octanol–water partition coefficient (Wildman–Crippen LogP) is 1.25. The van der Waals surface area contributed by atoms with Crippen molar-refractivity contribution in [3.63, 3.8) is 0 Å². The number of carboxylic acids is 1.